The van der Waals surface area contributed by atoms with Crippen LogP contribution in [0, 0.1) is 11.8 Å². The third-order valence-corrected chi connectivity index (χ3v) is 3.72. The largest absolute Gasteiger partial charge is 0.316 e. The molecule has 1 aromatic heterocycles. The maximum absolute atomic E-state index is 4.40. The number of pyridine rings is 1. The number of nitrogens with one attached hydrogen (secondary N) is 1. The Morgan fingerprint density at radius 3 is 2.82 bits per heavy atom. The van der Waals surface area contributed by atoms with Crippen LogP contribution in [0.4, 0.5) is 0 Å². The maximum Gasteiger partial charge on any atom is 0.0543 e. The molecule has 3 nitrogen and oxygen atoms in total. The van der Waals surface area contributed by atoms with Crippen LogP contribution in [0.3, 0.4) is 0 Å². The van der Waals surface area contributed by atoms with Gasteiger partial charge >= 0.3 is 0 Å². The topological polar surface area (TPSA) is 28.2 Å². The Balaban J connectivity index is 1.83. The molecule has 2 heterocycles. The van der Waals surface area contributed by atoms with E-state index < -0.39 is 0 Å². The molecular weight excluding hydrogens is 210 g/mol. The van der Waals surface area contributed by atoms with E-state index in [2.05, 4.69) is 41.2 Å². The van der Waals surface area contributed by atoms with E-state index in [4.69, 9.17) is 0 Å². The van der Waals surface area contributed by atoms with E-state index >= 15 is 0 Å². The Labute approximate surface area is 104 Å². The first kappa shape index (κ1) is 12.5. The summed E-state index contributed by atoms with van der Waals surface area (Å²) in [4.78, 5) is 6.89. The first-order valence-electron chi connectivity index (χ1n) is 6.62. The van der Waals surface area contributed by atoms with Crippen LogP contribution in [0.25, 0.3) is 0 Å². The fourth-order valence-electron chi connectivity index (χ4n) is 2.30. The predicted octanol–water partition coefficient (Wildman–Crippen LogP) is 1.76. The quantitative estimate of drug-likeness (QED) is 0.811. The summed E-state index contributed by atoms with van der Waals surface area (Å²) in [5, 5.41) is 3.35. The molecule has 1 atom stereocenters. The molecule has 1 unspecified atom stereocenters. The number of hydrogen-bond donors (Lipinski definition) is 1. The minimum Gasteiger partial charge on any atom is -0.316 e. The number of rotatable bonds is 6. The fraction of sp³-hybridized carbons (Fsp3) is 0.643. The van der Waals surface area contributed by atoms with Gasteiger partial charge in [-0.25, -0.2) is 0 Å². The minimum atomic E-state index is 0.778. The monoisotopic (exact) mass is 233 g/mol. The van der Waals surface area contributed by atoms with Crippen LogP contribution >= 0.6 is 0 Å². The molecule has 1 fully saturated rings. The van der Waals surface area contributed by atoms with Crippen LogP contribution < -0.4 is 5.32 Å². The summed E-state index contributed by atoms with van der Waals surface area (Å²) in [5.74, 6) is 1.65. The number of nitrogens with zero attached hydrogens (tertiary/aromatic N) is 2. The average molecular weight is 233 g/mol. The molecule has 1 aromatic rings. The molecular formula is C14H23N3. The van der Waals surface area contributed by atoms with E-state index in [0.29, 0.717) is 0 Å². The van der Waals surface area contributed by atoms with Gasteiger partial charge in [-0.1, -0.05) is 19.9 Å². The Hall–Kier alpha value is -0.930. The second-order valence-electron chi connectivity index (χ2n) is 5.04. The van der Waals surface area contributed by atoms with Crippen molar-refractivity contribution in [1.29, 1.82) is 0 Å². The van der Waals surface area contributed by atoms with Gasteiger partial charge in [0.15, 0.2) is 0 Å². The standard InChI is InChI=1S/C14H23N3/c1-3-17(10-12(2)13-8-15-9-13)11-14-6-4-5-7-16-14/h4-7,12-13,15H,3,8-11H2,1-2H3. The molecule has 0 radical (unpaired) electrons. The van der Waals surface area contributed by atoms with Crippen molar-refractivity contribution in [3.63, 3.8) is 0 Å². The highest BCUT2D eigenvalue weighted by Gasteiger charge is 2.24. The van der Waals surface area contributed by atoms with Gasteiger partial charge in [0.05, 0.1) is 5.69 Å². The van der Waals surface area contributed by atoms with Crippen molar-refractivity contribution in [2.45, 2.75) is 20.4 Å². The summed E-state index contributed by atoms with van der Waals surface area (Å²) >= 11 is 0. The van der Waals surface area contributed by atoms with E-state index in [0.717, 1.165) is 24.9 Å². The first-order valence-corrected chi connectivity index (χ1v) is 6.62. The molecule has 0 aliphatic carbocycles. The molecule has 1 saturated heterocycles. The third-order valence-electron chi connectivity index (χ3n) is 3.72. The van der Waals surface area contributed by atoms with Gasteiger partial charge < -0.3 is 5.32 Å². The summed E-state index contributed by atoms with van der Waals surface area (Å²) in [5.41, 5.74) is 1.17. The smallest absolute Gasteiger partial charge is 0.0543 e. The van der Waals surface area contributed by atoms with Gasteiger partial charge in [0.2, 0.25) is 0 Å². The molecule has 0 bridgehead atoms. The lowest BCUT2D eigenvalue weighted by molar-refractivity contribution is 0.165. The summed E-state index contributed by atoms with van der Waals surface area (Å²) in [6, 6.07) is 6.15. The van der Waals surface area contributed by atoms with Crippen LogP contribution in [-0.2, 0) is 6.54 Å². The van der Waals surface area contributed by atoms with Crippen molar-refractivity contribution in [1.82, 2.24) is 15.2 Å². The second kappa shape index (κ2) is 6.12. The lowest BCUT2D eigenvalue weighted by Gasteiger charge is -2.35. The van der Waals surface area contributed by atoms with Gasteiger partial charge in [0.1, 0.15) is 0 Å². The molecule has 0 amide bonds. The molecule has 0 saturated carbocycles. The fourth-order valence-corrected chi connectivity index (χ4v) is 2.30. The molecule has 1 N–H and O–H groups in total. The van der Waals surface area contributed by atoms with Crippen molar-refractivity contribution in [2.75, 3.05) is 26.2 Å². The van der Waals surface area contributed by atoms with E-state index in [-0.39, 0.29) is 0 Å². The molecule has 0 spiro atoms. The van der Waals surface area contributed by atoms with Gasteiger partial charge in [0, 0.05) is 19.3 Å². The first-order chi connectivity index (χ1) is 8.29. The molecule has 2 rings (SSSR count). The zero-order valence-electron chi connectivity index (χ0n) is 10.9. The zero-order valence-corrected chi connectivity index (χ0v) is 10.9. The second-order valence-corrected chi connectivity index (χ2v) is 5.04. The summed E-state index contributed by atoms with van der Waals surface area (Å²) in [6.07, 6.45) is 1.88. The molecule has 1 aliphatic rings. The van der Waals surface area contributed by atoms with E-state index in [1.165, 1.54) is 25.3 Å². The lowest BCUT2D eigenvalue weighted by Crippen LogP contribution is -2.48. The van der Waals surface area contributed by atoms with Crippen molar-refractivity contribution in [3.8, 4) is 0 Å². The molecule has 17 heavy (non-hydrogen) atoms. The van der Waals surface area contributed by atoms with Crippen LogP contribution in [0.1, 0.15) is 19.5 Å². The number of hydrogen-bond acceptors (Lipinski definition) is 3. The number of aromatic nitrogens is 1. The highest BCUT2D eigenvalue weighted by atomic mass is 15.1. The molecule has 94 valence electrons. The summed E-state index contributed by atoms with van der Waals surface area (Å²) in [6.45, 7) is 10.2. The highest BCUT2D eigenvalue weighted by molar-refractivity contribution is 5.03. The van der Waals surface area contributed by atoms with Crippen LogP contribution in [0.2, 0.25) is 0 Å². The van der Waals surface area contributed by atoms with Crippen molar-refractivity contribution in [3.05, 3.63) is 30.1 Å². The van der Waals surface area contributed by atoms with E-state index in [1.807, 2.05) is 12.3 Å². The Morgan fingerprint density at radius 1 is 1.47 bits per heavy atom. The average Bonchev–Trinajstić information content (AvgIpc) is 2.27. The molecule has 1 aliphatic heterocycles. The van der Waals surface area contributed by atoms with Crippen molar-refractivity contribution in [2.24, 2.45) is 11.8 Å². The van der Waals surface area contributed by atoms with Gasteiger partial charge in [-0.15, -0.1) is 0 Å². The zero-order chi connectivity index (χ0) is 12.1. The van der Waals surface area contributed by atoms with Gasteiger partial charge in [0.25, 0.3) is 0 Å². The summed E-state index contributed by atoms with van der Waals surface area (Å²) in [7, 11) is 0. The van der Waals surface area contributed by atoms with Gasteiger partial charge in [-0.05, 0) is 43.6 Å². The predicted molar refractivity (Wildman–Crippen MR) is 70.7 cm³/mol. The Bertz CT molecular complexity index is 321. The van der Waals surface area contributed by atoms with Crippen molar-refractivity contribution >= 4 is 0 Å². The Morgan fingerprint density at radius 2 is 2.29 bits per heavy atom. The Kier molecular flexibility index (Phi) is 4.51. The van der Waals surface area contributed by atoms with Crippen LogP contribution in [-0.4, -0.2) is 36.1 Å². The van der Waals surface area contributed by atoms with E-state index in [1.54, 1.807) is 0 Å². The lowest BCUT2D eigenvalue weighted by atomic mass is 9.88. The van der Waals surface area contributed by atoms with Gasteiger partial charge in [-0.3, -0.25) is 9.88 Å². The molecule has 3 heteroatoms. The third kappa shape index (κ3) is 3.51. The maximum atomic E-state index is 4.40. The van der Waals surface area contributed by atoms with Crippen LogP contribution in [0.5, 0.6) is 0 Å². The minimum absolute atomic E-state index is 0.778. The SMILES string of the molecule is CCN(Cc1ccccn1)CC(C)C1CNC1. The van der Waals surface area contributed by atoms with E-state index in [9.17, 15) is 0 Å². The normalized spacial score (nSPS) is 18.1. The summed E-state index contributed by atoms with van der Waals surface area (Å²) < 4.78 is 0. The molecule has 0 aromatic carbocycles. The highest BCUT2D eigenvalue weighted by Crippen LogP contribution is 2.17. The van der Waals surface area contributed by atoms with Crippen molar-refractivity contribution < 1.29 is 0 Å². The van der Waals surface area contributed by atoms with Gasteiger partial charge in [-0.2, -0.15) is 0 Å². The van der Waals surface area contributed by atoms with Crippen LogP contribution in [0.15, 0.2) is 24.4 Å².